The number of amides is 1. The molecule has 1 fully saturated rings. The summed E-state index contributed by atoms with van der Waals surface area (Å²) in [4.78, 5) is 13.9. The predicted molar refractivity (Wildman–Crippen MR) is 57.9 cm³/mol. The lowest BCUT2D eigenvalue weighted by molar-refractivity contribution is -0.131. The van der Waals surface area contributed by atoms with Gasteiger partial charge in [-0.1, -0.05) is 20.3 Å². The van der Waals surface area contributed by atoms with Crippen molar-refractivity contribution in [2.45, 2.75) is 65.2 Å². The zero-order chi connectivity index (χ0) is 10.7. The number of carbonyl (C=O) groups excluding carboxylic acids is 1. The minimum Gasteiger partial charge on any atom is -0.323 e. The molecule has 1 aliphatic rings. The van der Waals surface area contributed by atoms with Crippen LogP contribution in [-0.2, 0) is 4.79 Å². The molecule has 82 valence electrons. The van der Waals surface area contributed by atoms with Crippen LogP contribution in [0.3, 0.4) is 0 Å². The summed E-state index contributed by atoms with van der Waals surface area (Å²) in [6, 6.07) is 0.370. The quantitative estimate of drug-likeness (QED) is 0.746. The zero-order valence-electron chi connectivity index (χ0n) is 9.71. The Morgan fingerprint density at radius 2 is 2.14 bits per heavy atom. The van der Waals surface area contributed by atoms with Crippen molar-refractivity contribution in [1.29, 1.82) is 0 Å². The second kappa shape index (κ2) is 4.78. The maximum atomic E-state index is 11.9. The molecule has 0 aromatic rings. The first kappa shape index (κ1) is 11.5. The van der Waals surface area contributed by atoms with Crippen molar-refractivity contribution in [2.24, 2.45) is 0 Å². The Hall–Kier alpha value is -0.570. The third-order valence-corrected chi connectivity index (χ3v) is 2.97. The van der Waals surface area contributed by atoms with E-state index in [0.717, 1.165) is 19.3 Å². The van der Waals surface area contributed by atoms with Crippen LogP contribution in [-0.4, -0.2) is 29.1 Å². The van der Waals surface area contributed by atoms with E-state index in [1.165, 1.54) is 0 Å². The number of hydrogen-bond acceptors (Lipinski definition) is 2. The van der Waals surface area contributed by atoms with E-state index in [0.29, 0.717) is 6.04 Å². The third-order valence-electron chi connectivity index (χ3n) is 2.97. The van der Waals surface area contributed by atoms with Gasteiger partial charge in [-0.25, -0.2) is 0 Å². The van der Waals surface area contributed by atoms with Gasteiger partial charge < -0.3 is 4.90 Å². The second-order valence-electron chi connectivity index (χ2n) is 4.20. The summed E-state index contributed by atoms with van der Waals surface area (Å²) in [5.41, 5.74) is 0. The highest BCUT2D eigenvalue weighted by Crippen LogP contribution is 2.19. The lowest BCUT2D eigenvalue weighted by atomic mass is 10.1. The SMILES string of the molecule is CCCC(C)N1C(=O)C(C)NC1CC. The van der Waals surface area contributed by atoms with Crippen LogP contribution in [0.5, 0.6) is 0 Å². The van der Waals surface area contributed by atoms with Gasteiger partial charge in [0.15, 0.2) is 0 Å². The molecule has 14 heavy (non-hydrogen) atoms. The van der Waals surface area contributed by atoms with Crippen molar-refractivity contribution in [1.82, 2.24) is 10.2 Å². The molecule has 3 nitrogen and oxygen atoms in total. The van der Waals surface area contributed by atoms with Crippen LogP contribution in [0.15, 0.2) is 0 Å². The van der Waals surface area contributed by atoms with Crippen LogP contribution < -0.4 is 5.32 Å². The molecule has 0 aromatic heterocycles. The summed E-state index contributed by atoms with van der Waals surface area (Å²) in [6.07, 6.45) is 3.47. The van der Waals surface area contributed by atoms with Gasteiger partial charge >= 0.3 is 0 Å². The van der Waals surface area contributed by atoms with E-state index in [2.05, 4.69) is 26.1 Å². The monoisotopic (exact) mass is 198 g/mol. The number of rotatable bonds is 4. The van der Waals surface area contributed by atoms with Crippen molar-refractivity contribution >= 4 is 5.91 Å². The maximum Gasteiger partial charge on any atom is 0.240 e. The summed E-state index contributed by atoms with van der Waals surface area (Å²) < 4.78 is 0. The molecule has 0 aromatic carbocycles. The summed E-state index contributed by atoms with van der Waals surface area (Å²) in [5.74, 6) is 0.262. The van der Waals surface area contributed by atoms with Gasteiger partial charge in [-0.3, -0.25) is 10.1 Å². The van der Waals surface area contributed by atoms with Crippen LogP contribution in [0.4, 0.5) is 0 Å². The fourth-order valence-corrected chi connectivity index (χ4v) is 2.21. The first-order chi connectivity index (χ1) is 6.61. The highest BCUT2D eigenvalue weighted by molar-refractivity contribution is 5.84. The highest BCUT2D eigenvalue weighted by atomic mass is 16.2. The number of carbonyl (C=O) groups is 1. The Morgan fingerprint density at radius 1 is 1.50 bits per heavy atom. The number of hydrogen-bond donors (Lipinski definition) is 1. The molecule has 0 aliphatic carbocycles. The molecule has 1 amide bonds. The average Bonchev–Trinajstić information content (AvgIpc) is 2.43. The molecule has 1 N–H and O–H groups in total. The first-order valence-corrected chi connectivity index (χ1v) is 5.70. The van der Waals surface area contributed by atoms with Crippen LogP contribution in [0, 0.1) is 0 Å². The molecular formula is C11H22N2O. The van der Waals surface area contributed by atoms with E-state index in [1.807, 2.05) is 11.8 Å². The van der Waals surface area contributed by atoms with Gasteiger partial charge in [0, 0.05) is 6.04 Å². The van der Waals surface area contributed by atoms with Crippen molar-refractivity contribution in [2.75, 3.05) is 0 Å². The lowest BCUT2D eigenvalue weighted by Crippen LogP contribution is -2.42. The molecule has 3 heteroatoms. The van der Waals surface area contributed by atoms with Crippen molar-refractivity contribution in [3.8, 4) is 0 Å². The molecule has 0 radical (unpaired) electrons. The van der Waals surface area contributed by atoms with Gasteiger partial charge in [0.05, 0.1) is 12.2 Å². The Kier molecular flexibility index (Phi) is 3.93. The van der Waals surface area contributed by atoms with Crippen LogP contribution in [0.25, 0.3) is 0 Å². The normalized spacial score (nSPS) is 29.7. The summed E-state index contributed by atoms with van der Waals surface area (Å²) in [5, 5.41) is 3.32. The van der Waals surface area contributed by atoms with Gasteiger partial charge in [-0.2, -0.15) is 0 Å². The smallest absolute Gasteiger partial charge is 0.240 e. The van der Waals surface area contributed by atoms with Crippen LogP contribution >= 0.6 is 0 Å². The van der Waals surface area contributed by atoms with Crippen molar-refractivity contribution in [3.05, 3.63) is 0 Å². The van der Waals surface area contributed by atoms with Gasteiger partial charge in [0.25, 0.3) is 0 Å². The fraction of sp³-hybridized carbons (Fsp3) is 0.909. The Balaban J connectivity index is 2.68. The molecule has 3 unspecified atom stereocenters. The maximum absolute atomic E-state index is 11.9. The minimum atomic E-state index is -0.000689. The molecular weight excluding hydrogens is 176 g/mol. The average molecular weight is 198 g/mol. The lowest BCUT2D eigenvalue weighted by Gasteiger charge is -2.29. The van der Waals surface area contributed by atoms with E-state index >= 15 is 0 Å². The molecule has 0 saturated carbocycles. The minimum absolute atomic E-state index is 0.000689. The Morgan fingerprint density at radius 3 is 2.64 bits per heavy atom. The van der Waals surface area contributed by atoms with E-state index in [9.17, 15) is 4.79 Å². The van der Waals surface area contributed by atoms with Gasteiger partial charge in [0.1, 0.15) is 0 Å². The second-order valence-corrected chi connectivity index (χ2v) is 4.20. The molecule has 1 saturated heterocycles. The van der Waals surface area contributed by atoms with Crippen molar-refractivity contribution in [3.63, 3.8) is 0 Å². The standard InChI is InChI=1S/C11H22N2O/c1-5-7-8(3)13-10(6-2)12-9(4)11(13)14/h8-10,12H,5-7H2,1-4H3. The zero-order valence-corrected chi connectivity index (χ0v) is 9.71. The fourth-order valence-electron chi connectivity index (χ4n) is 2.21. The largest absolute Gasteiger partial charge is 0.323 e. The number of nitrogens with one attached hydrogen (secondary N) is 1. The van der Waals surface area contributed by atoms with Gasteiger partial charge in [0.2, 0.25) is 5.91 Å². The molecule has 1 heterocycles. The van der Waals surface area contributed by atoms with E-state index < -0.39 is 0 Å². The summed E-state index contributed by atoms with van der Waals surface area (Å²) >= 11 is 0. The predicted octanol–water partition coefficient (Wildman–Crippen LogP) is 1.73. The van der Waals surface area contributed by atoms with Crippen molar-refractivity contribution < 1.29 is 4.79 Å². The van der Waals surface area contributed by atoms with Crippen LogP contribution in [0.2, 0.25) is 0 Å². The van der Waals surface area contributed by atoms with E-state index in [-0.39, 0.29) is 18.1 Å². The molecule has 3 atom stereocenters. The topological polar surface area (TPSA) is 32.3 Å². The van der Waals surface area contributed by atoms with E-state index in [4.69, 9.17) is 0 Å². The van der Waals surface area contributed by atoms with E-state index in [1.54, 1.807) is 0 Å². The van der Waals surface area contributed by atoms with Gasteiger partial charge in [-0.15, -0.1) is 0 Å². The molecule has 1 aliphatic heterocycles. The molecule has 0 spiro atoms. The first-order valence-electron chi connectivity index (χ1n) is 5.70. The Labute approximate surface area is 86.9 Å². The van der Waals surface area contributed by atoms with Crippen LogP contribution in [0.1, 0.15) is 47.0 Å². The third kappa shape index (κ3) is 2.08. The number of nitrogens with zero attached hydrogens (tertiary/aromatic N) is 1. The Bertz CT molecular complexity index is 205. The highest BCUT2D eigenvalue weighted by Gasteiger charge is 2.37. The molecule has 0 bridgehead atoms. The summed E-state index contributed by atoms with van der Waals surface area (Å²) in [6.45, 7) is 8.37. The summed E-state index contributed by atoms with van der Waals surface area (Å²) in [7, 11) is 0. The van der Waals surface area contributed by atoms with Gasteiger partial charge in [-0.05, 0) is 26.7 Å². The molecule has 1 rings (SSSR count).